The fraction of sp³-hybridized carbons (Fsp3) is 0.750. The van der Waals surface area contributed by atoms with Crippen LogP contribution in [-0.2, 0) is 14.1 Å². The molecule has 2 rings (SSSR count). The zero-order chi connectivity index (χ0) is 14.0. The Morgan fingerprint density at radius 3 is 2.53 bits per heavy atom. The summed E-state index contributed by atoms with van der Waals surface area (Å²) >= 11 is 0. The van der Waals surface area contributed by atoms with Crippen molar-refractivity contribution < 1.29 is 4.74 Å². The molecule has 1 saturated carbocycles. The van der Waals surface area contributed by atoms with E-state index >= 15 is 0 Å². The topological polar surface area (TPSA) is 92.1 Å². The largest absolute Gasteiger partial charge is 0.471 e. The predicted octanol–water partition coefficient (Wildman–Crippen LogP) is -0.481. The molecule has 0 spiro atoms. The lowest BCUT2D eigenvalue weighted by Crippen LogP contribution is -2.48. The van der Waals surface area contributed by atoms with E-state index in [9.17, 15) is 9.59 Å². The second-order valence-electron chi connectivity index (χ2n) is 5.29. The maximum atomic E-state index is 11.8. The van der Waals surface area contributed by atoms with E-state index in [2.05, 4.69) is 5.10 Å². The average molecular weight is 268 g/mol. The Morgan fingerprint density at radius 2 is 1.89 bits per heavy atom. The molecule has 1 aliphatic carbocycles. The fourth-order valence-corrected chi connectivity index (χ4v) is 2.37. The number of rotatable bonds is 3. The van der Waals surface area contributed by atoms with Gasteiger partial charge in [-0.05, 0) is 12.8 Å². The number of hydrogen-bond acceptors (Lipinski definition) is 5. The minimum atomic E-state index is -0.525. The lowest BCUT2D eigenvalue weighted by atomic mass is 9.83. The van der Waals surface area contributed by atoms with E-state index in [0.717, 1.165) is 34.9 Å². The number of nitrogens with two attached hydrogens (primary N) is 1. The van der Waals surface area contributed by atoms with Crippen LogP contribution < -0.4 is 21.7 Å². The highest BCUT2D eigenvalue weighted by atomic mass is 16.5. The lowest BCUT2D eigenvalue weighted by molar-refractivity contribution is 0.163. The van der Waals surface area contributed by atoms with Crippen molar-refractivity contribution >= 4 is 0 Å². The van der Waals surface area contributed by atoms with Crippen LogP contribution in [0.1, 0.15) is 32.1 Å². The maximum absolute atomic E-state index is 11.8. The van der Waals surface area contributed by atoms with E-state index in [1.807, 2.05) is 0 Å². The van der Waals surface area contributed by atoms with Crippen molar-refractivity contribution in [1.29, 1.82) is 0 Å². The molecule has 1 aromatic rings. The Hall–Kier alpha value is -1.63. The van der Waals surface area contributed by atoms with Crippen LogP contribution in [0.15, 0.2) is 9.59 Å². The first-order valence-electron chi connectivity index (χ1n) is 6.49. The molecule has 0 radical (unpaired) electrons. The third-order valence-corrected chi connectivity index (χ3v) is 3.64. The lowest BCUT2D eigenvalue weighted by Gasteiger charge is -2.32. The van der Waals surface area contributed by atoms with Gasteiger partial charge in [-0.1, -0.05) is 19.3 Å². The molecule has 1 aromatic heterocycles. The molecule has 0 unspecified atom stereocenters. The van der Waals surface area contributed by atoms with Gasteiger partial charge in [-0.25, -0.2) is 9.48 Å². The van der Waals surface area contributed by atoms with Gasteiger partial charge in [0.25, 0.3) is 5.88 Å². The van der Waals surface area contributed by atoms with Crippen LogP contribution >= 0.6 is 0 Å². The number of hydrogen-bond donors (Lipinski definition) is 1. The summed E-state index contributed by atoms with van der Waals surface area (Å²) in [7, 11) is 2.88. The molecule has 0 aromatic carbocycles. The summed E-state index contributed by atoms with van der Waals surface area (Å²) in [5, 5.41) is 3.84. The molecule has 1 fully saturated rings. The van der Waals surface area contributed by atoms with Crippen LogP contribution in [0, 0.1) is 0 Å². The van der Waals surface area contributed by atoms with Crippen LogP contribution in [-0.4, -0.2) is 26.5 Å². The molecular formula is C12H20N4O3. The number of nitrogens with zero attached hydrogens (tertiary/aromatic N) is 3. The molecule has 1 heterocycles. The van der Waals surface area contributed by atoms with Gasteiger partial charge in [0, 0.05) is 14.1 Å². The van der Waals surface area contributed by atoms with Crippen molar-refractivity contribution in [3.63, 3.8) is 0 Å². The Balaban J connectivity index is 2.16. The first-order valence-corrected chi connectivity index (χ1v) is 6.49. The highest BCUT2D eigenvalue weighted by Crippen LogP contribution is 2.25. The third-order valence-electron chi connectivity index (χ3n) is 3.64. The van der Waals surface area contributed by atoms with Crippen molar-refractivity contribution in [2.75, 3.05) is 6.61 Å². The van der Waals surface area contributed by atoms with Gasteiger partial charge in [0.15, 0.2) is 0 Å². The minimum Gasteiger partial charge on any atom is -0.471 e. The highest BCUT2D eigenvalue weighted by Gasteiger charge is 2.29. The molecule has 0 saturated heterocycles. The van der Waals surface area contributed by atoms with Crippen molar-refractivity contribution in [3.05, 3.63) is 20.8 Å². The van der Waals surface area contributed by atoms with E-state index < -0.39 is 11.2 Å². The molecule has 0 atom stereocenters. The van der Waals surface area contributed by atoms with Crippen molar-refractivity contribution in [3.8, 4) is 5.88 Å². The molecule has 0 bridgehead atoms. The normalized spacial score (nSPS) is 18.3. The number of aryl methyl sites for hydroxylation is 1. The maximum Gasteiger partial charge on any atom is 0.347 e. The third kappa shape index (κ3) is 2.86. The van der Waals surface area contributed by atoms with Crippen molar-refractivity contribution in [2.24, 2.45) is 19.8 Å². The molecule has 7 heteroatoms. The van der Waals surface area contributed by atoms with Crippen LogP contribution in [0.5, 0.6) is 5.88 Å². The van der Waals surface area contributed by atoms with E-state index in [1.54, 1.807) is 0 Å². The smallest absolute Gasteiger partial charge is 0.347 e. The van der Waals surface area contributed by atoms with Gasteiger partial charge in [0.05, 0.1) is 5.54 Å². The second-order valence-corrected chi connectivity index (χ2v) is 5.29. The minimum absolute atomic E-state index is 0.0694. The Morgan fingerprint density at radius 1 is 1.26 bits per heavy atom. The Labute approximate surface area is 111 Å². The van der Waals surface area contributed by atoms with Crippen LogP contribution in [0.3, 0.4) is 0 Å². The summed E-state index contributed by atoms with van der Waals surface area (Å²) in [6, 6.07) is 0. The highest BCUT2D eigenvalue weighted by molar-refractivity contribution is 5.03. The summed E-state index contributed by atoms with van der Waals surface area (Å²) in [6.45, 7) is 0.257. The van der Waals surface area contributed by atoms with E-state index in [-0.39, 0.29) is 18.0 Å². The van der Waals surface area contributed by atoms with Crippen molar-refractivity contribution in [1.82, 2.24) is 14.3 Å². The van der Waals surface area contributed by atoms with Gasteiger partial charge in [-0.15, -0.1) is 5.10 Å². The standard InChI is InChI=1S/C12H20N4O3/c1-15-10(17)9(14-16(2)11(15)18)19-8-12(13)6-4-3-5-7-12/h3-8,13H2,1-2H3. The second kappa shape index (κ2) is 5.16. The molecule has 19 heavy (non-hydrogen) atoms. The number of ether oxygens (including phenoxy) is 1. The predicted molar refractivity (Wildman–Crippen MR) is 70.2 cm³/mol. The zero-order valence-corrected chi connectivity index (χ0v) is 11.4. The molecule has 2 N–H and O–H groups in total. The van der Waals surface area contributed by atoms with E-state index in [1.165, 1.54) is 20.5 Å². The molecule has 0 amide bonds. The van der Waals surface area contributed by atoms with E-state index in [4.69, 9.17) is 10.5 Å². The summed E-state index contributed by atoms with van der Waals surface area (Å²) in [6.07, 6.45) is 5.13. The molecular weight excluding hydrogens is 248 g/mol. The zero-order valence-electron chi connectivity index (χ0n) is 11.4. The molecule has 7 nitrogen and oxygen atoms in total. The number of aromatic nitrogens is 3. The van der Waals surface area contributed by atoms with Gasteiger partial charge in [-0.2, -0.15) is 0 Å². The summed E-state index contributed by atoms with van der Waals surface area (Å²) in [5.74, 6) is -0.0694. The summed E-state index contributed by atoms with van der Waals surface area (Å²) in [5.41, 5.74) is 4.84. The molecule has 106 valence electrons. The SMILES string of the molecule is Cn1nc(OCC2(N)CCCCC2)c(=O)n(C)c1=O. The van der Waals surface area contributed by atoms with Gasteiger partial charge < -0.3 is 10.5 Å². The summed E-state index contributed by atoms with van der Waals surface area (Å²) in [4.78, 5) is 23.3. The van der Waals surface area contributed by atoms with Crippen molar-refractivity contribution in [2.45, 2.75) is 37.6 Å². The van der Waals surface area contributed by atoms with Crippen LogP contribution in [0.25, 0.3) is 0 Å². The van der Waals surface area contributed by atoms with Gasteiger partial charge in [-0.3, -0.25) is 9.36 Å². The van der Waals surface area contributed by atoms with Crippen LogP contribution in [0.2, 0.25) is 0 Å². The van der Waals surface area contributed by atoms with Gasteiger partial charge >= 0.3 is 11.2 Å². The van der Waals surface area contributed by atoms with E-state index in [0.29, 0.717) is 0 Å². The Bertz CT molecular complexity index is 569. The van der Waals surface area contributed by atoms with Crippen LogP contribution in [0.4, 0.5) is 0 Å². The first kappa shape index (κ1) is 13.8. The average Bonchev–Trinajstić information content (AvgIpc) is 2.40. The monoisotopic (exact) mass is 268 g/mol. The Kier molecular flexibility index (Phi) is 3.75. The first-order chi connectivity index (χ1) is 8.93. The fourth-order valence-electron chi connectivity index (χ4n) is 2.37. The van der Waals surface area contributed by atoms with Gasteiger partial charge in [0.1, 0.15) is 6.61 Å². The molecule has 1 aliphatic rings. The molecule has 0 aliphatic heterocycles. The summed E-state index contributed by atoms with van der Waals surface area (Å²) < 4.78 is 7.53. The van der Waals surface area contributed by atoms with Gasteiger partial charge in [0.2, 0.25) is 0 Å². The quantitative estimate of drug-likeness (QED) is 0.799.